The molecule has 0 aliphatic carbocycles. The third kappa shape index (κ3) is 1.05. The van der Waals surface area contributed by atoms with Crippen LogP contribution in [0.2, 0.25) is 0 Å². The van der Waals surface area contributed by atoms with Crippen molar-refractivity contribution in [3.63, 3.8) is 0 Å². The van der Waals surface area contributed by atoms with E-state index in [4.69, 9.17) is 0 Å². The Morgan fingerprint density at radius 2 is 2.00 bits per heavy atom. The van der Waals surface area contributed by atoms with Gasteiger partial charge in [-0.1, -0.05) is 21.4 Å². The Morgan fingerprint density at radius 3 is 2.83 bits per heavy atom. The molecule has 2 rings (SSSR count). The van der Waals surface area contributed by atoms with Crippen LogP contribution in [0, 0.1) is 0 Å². The molecule has 1 N–H and O–H groups in total. The maximum absolute atomic E-state index is 11.5. The van der Waals surface area contributed by atoms with Crippen molar-refractivity contribution in [3.05, 3.63) is 40.7 Å². The summed E-state index contributed by atoms with van der Waals surface area (Å²) < 4.78 is 0. The summed E-state index contributed by atoms with van der Waals surface area (Å²) in [6.45, 7) is 0. The largest absolute Gasteiger partial charge is 0.360 e. The molecule has 0 spiro atoms. The zero-order valence-corrected chi connectivity index (χ0v) is 7.53. The second-order valence-corrected chi connectivity index (χ2v) is 3.24. The van der Waals surface area contributed by atoms with Gasteiger partial charge in [0, 0.05) is 22.4 Å². The third-order valence-electron chi connectivity index (χ3n) is 1.82. The van der Waals surface area contributed by atoms with Crippen LogP contribution >= 0.6 is 9.24 Å². The first kappa shape index (κ1) is 7.51. The van der Waals surface area contributed by atoms with E-state index in [0.29, 0.717) is 5.30 Å². The van der Waals surface area contributed by atoms with Gasteiger partial charge in [0.1, 0.15) is 0 Å². The normalized spacial score (nSPS) is 10.4. The van der Waals surface area contributed by atoms with Crippen LogP contribution in [-0.2, 0) is 0 Å². The topological polar surface area (TPSA) is 32.9 Å². The van der Waals surface area contributed by atoms with Crippen LogP contribution in [0.25, 0.3) is 10.9 Å². The molecule has 1 aromatic heterocycles. The number of H-pyrrole nitrogens is 1. The van der Waals surface area contributed by atoms with Crippen LogP contribution in [0.5, 0.6) is 0 Å². The maximum Gasteiger partial charge on any atom is 0.196 e. The Balaban J connectivity index is 3.01. The van der Waals surface area contributed by atoms with E-state index in [1.165, 1.54) is 0 Å². The predicted octanol–water partition coefficient (Wildman–Crippen LogP) is 1.03. The van der Waals surface area contributed by atoms with Crippen LogP contribution in [-0.4, -0.2) is 4.98 Å². The summed E-state index contributed by atoms with van der Waals surface area (Å²) in [7, 11) is 2.42. The Hall–Kier alpha value is -1.14. The van der Waals surface area contributed by atoms with Gasteiger partial charge in [0.2, 0.25) is 0 Å². The highest BCUT2D eigenvalue weighted by Crippen LogP contribution is 2.03. The van der Waals surface area contributed by atoms with Crippen molar-refractivity contribution in [1.82, 2.24) is 4.98 Å². The quantitative estimate of drug-likeness (QED) is 0.599. The Labute approximate surface area is 71.8 Å². The van der Waals surface area contributed by atoms with Gasteiger partial charge in [-0.15, -0.1) is 0 Å². The van der Waals surface area contributed by atoms with Crippen LogP contribution in [0.15, 0.2) is 35.3 Å². The molecule has 1 aromatic carbocycles. The van der Waals surface area contributed by atoms with Gasteiger partial charge >= 0.3 is 0 Å². The van der Waals surface area contributed by atoms with E-state index in [-0.39, 0.29) is 5.43 Å². The van der Waals surface area contributed by atoms with Gasteiger partial charge in [0.25, 0.3) is 0 Å². The lowest BCUT2D eigenvalue weighted by molar-refractivity contribution is 1.42. The summed E-state index contributed by atoms with van der Waals surface area (Å²) in [6, 6.07) is 7.48. The molecular formula is C9H8NOP. The second-order valence-electron chi connectivity index (χ2n) is 2.62. The van der Waals surface area contributed by atoms with Crippen molar-refractivity contribution in [1.29, 1.82) is 0 Å². The lowest BCUT2D eigenvalue weighted by Crippen LogP contribution is -2.18. The maximum atomic E-state index is 11.5. The van der Waals surface area contributed by atoms with E-state index >= 15 is 0 Å². The molecule has 0 aliphatic heterocycles. The van der Waals surface area contributed by atoms with Crippen molar-refractivity contribution in [3.8, 4) is 0 Å². The number of para-hydroxylation sites is 1. The molecule has 0 saturated heterocycles. The van der Waals surface area contributed by atoms with E-state index in [1.807, 2.05) is 24.3 Å². The number of benzene rings is 1. The molecule has 1 heterocycles. The minimum atomic E-state index is 0.0781. The highest BCUT2D eigenvalue weighted by atomic mass is 31.0. The van der Waals surface area contributed by atoms with E-state index in [0.717, 1.165) is 10.9 Å². The zero-order chi connectivity index (χ0) is 8.55. The molecule has 60 valence electrons. The lowest BCUT2D eigenvalue weighted by Gasteiger charge is -1.96. The number of aromatic amines is 1. The van der Waals surface area contributed by atoms with Gasteiger partial charge in [-0.3, -0.25) is 4.79 Å². The molecule has 12 heavy (non-hydrogen) atoms. The summed E-state index contributed by atoms with van der Waals surface area (Å²) in [5.74, 6) is 0. The first-order valence-corrected chi connectivity index (χ1v) is 4.22. The fourth-order valence-electron chi connectivity index (χ4n) is 1.18. The standard InChI is InChI=1S/C9H8NOP/c11-9-6-3-1-2-4-7(6)10-5-8(9)12/h1-5H,12H2,(H,10,11). The molecule has 0 bridgehead atoms. The van der Waals surface area contributed by atoms with Crippen molar-refractivity contribution in [2.45, 2.75) is 0 Å². The van der Waals surface area contributed by atoms with Gasteiger partial charge in [-0.25, -0.2) is 0 Å². The fraction of sp³-hybridized carbons (Fsp3) is 0. The summed E-state index contributed by atoms with van der Waals surface area (Å²) >= 11 is 0. The molecule has 2 aromatic rings. The first-order valence-electron chi connectivity index (χ1n) is 3.65. The summed E-state index contributed by atoms with van der Waals surface area (Å²) in [6.07, 6.45) is 1.70. The van der Waals surface area contributed by atoms with Gasteiger partial charge in [0.05, 0.1) is 0 Å². The fourth-order valence-corrected chi connectivity index (χ4v) is 1.42. The van der Waals surface area contributed by atoms with Crippen LogP contribution in [0.3, 0.4) is 0 Å². The summed E-state index contributed by atoms with van der Waals surface area (Å²) in [5, 5.41) is 1.42. The Kier molecular flexibility index (Phi) is 1.70. The minimum absolute atomic E-state index is 0.0781. The predicted molar refractivity (Wildman–Crippen MR) is 53.9 cm³/mol. The minimum Gasteiger partial charge on any atom is -0.360 e. The van der Waals surface area contributed by atoms with Crippen molar-refractivity contribution in [2.75, 3.05) is 0 Å². The number of hydrogen-bond donors (Lipinski definition) is 1. The van der Waals surface area contributed by atoms with Crippen LogP contribution in [0.4, 0.5) is 0 Å². The molecule has 2 nitrogen and oxygen atoms in total. The molecule has 0 fully saturated rings. The highest BCUT2D eigenvalue weighted by Gasteiger charge is 1.98. The Bertz CT molecular complexity index is 475. The van der Waals surface area contributed by atoms with Crippen molar-refractivity contribution in [2.24, 2.45) is 0 Å². The van der Waals surface area contributed by atoms with E-state index in [2.05, 4.69) is 14.2 Å². The van der Waals surface area contributed by atoms with E-state index < -0.39 is 0 Å². The average Bonchev–Trinajstić information content (AvgIpc) is 2.12. The number of hydrogen-bond acceptors (Lipinski definition) is 1. The van der Waals surface area contributed by atoms with Gasteiger partial charge in [-0.2, -0.15) is 0 Å². The molecule has 0 saturated carbocycles. The highest BCUT2D eigenvalue weighted by molar-refractivity contribution is 7.27. The monoisotopic (exact) mass is 177 g/mol. The smallest absolute Gasteiger partial charge is 0.196 e. The van der Waals surface area contributed by atoms with Gasteiger partial charge in [-0.05, 0) is 12.1 Å². The molecule has 0 amide bonds. The average molecular weight is 177 g/mol. The van der Waals surface area contributed by atoms with E-state index in [9.17, 15) is 4.79 Å². The molecule has 1 atom stereocenters. The number of nitrogens with one attached hydrogen (secondary N) is 1. The first-order chi connectivity index (χ1) is 5.79. The van der Waals surface area contributed by atoms with Crippen LogP contribution < -0.4 is 10.7 Å². The molecule has 1 unspecified atom stereocenters. The van der Waals surface area contributed by atoms with Crippen LogP contribution in [0.1, 0.15) is 0 Å². The third-order valence-corrected chi connectivity index (χ3v) is 2.25. The number of aromatic nitrogens is 1. The molecule has 0 radical (unpaired) electrons. The zero-order valence-electron chi connectivity index (χ0n) is 6.37. The van der Waals surface area contributed by atoms with Crippen molar-refractivity contribution < 1.29 is 0 Å². The number of rotatable bonds is 0. The SMILES string of the molecule is O=c1c(P)c[nH]c2ccccc12. The van der Waals surface area contributed by atoms with Gasteiger partial charge in [0.15, 0.2) is 5.43 Å². The summed E-state index contributed by atoms with van der Waals surface area (Å²) in [4.78, 5) is 14.5. The summed E-state index contributed by atoms with van der Waals surface area (Å²) in [5.41, 5.74) is 0.961. The number of pyridine rings is 1. The second kappa shape index (κ2) is 2.72. The molecule has 0 aliphatic rings. The number of fused-ring (bicyclic) bond motifs is 1. The van der Waals surface area contributed by atoms with Crippen molar-refractivity contribution >= 4 is 25.4 Å². The molecular weight excluding hydrogens is 169 g/mol. The van der Waals surface area contributed by atoms with Gasteiger partial charge < -0.3 is 4.98 Å². The van der Waals surface area contributed by atoms with E-state index in [1.54, 1.807) is 6.20 Å². The lowest BCUT2D eigenvalue weighted by atomic mass is 10.2. The molecule has 3 heteroatoms. The Morgan fingerprint density at radius 1 is 1.25 bits per heavy atom.